The number of ether oxygens (including phenoxy) is 5. The summed E-state index contributed by atoms with van der Waals surface area (Å²) in [7, 11) is -19.1. The van der Waals surface area contributed by atoms with E-state index in [2.05, 4.69) is 33.5 Å². The highest BCUT2D eigenvalue weighted by Gasteiger charge is 2.52. The highest BCUT2D eigenvalue weighted by Crippen LogP contribution is 2.68. The highest BCUT2D eigenvalue weighted by molar-refractivity contribution is 7.66. The lowest BCUT2D eigenvalue weighted by Gasteiger charge is -2.31. The second kappa shape index (κ2) is 21.4. The molecule has 5 unspecified atom stereocenters. The Morgan fingerprint density at radius 1 is 0.797 bits per heavy atom. The summed E-state index contributed by atoms with van der Waals surface area (Å²) in [6, 6.07) is 0.935. The molecule has 0 spiro atoms. The summed E-state index contributed by atoms with van der Waals surface area (Å²) < 4.78 is 110. The first kappa shape index (κ1) is 55.6. The molecule has 74 heavy (non-hydrogen) atoms. The minimum absolute atomic E-state index is 0.0174. The summed E-state index contributed by atoms with van der Waals surface area (Å²) in [5.74, 6) is -2.83. The van der Waals surface area contributed by atoms with Gasteiger partial charge in [0.05, 0.1) is 52.0 Å². The zero-order chi connectivity index (χ0) is 53.8. The number of rotatable bonds is 21. The summed E-state index contributed by atoms with van der Waals surface area (Å²) in [6.45, 7) is -3.31. The SMILES string of the molecule is COC[C@H]1[C@@H](O)[C@H]([n+]2cn(C)c3c(=O)[nH]c(N)nc32)O[C@@H]1COP(=O)(O)OP(=O)(O)OP(=O)(O)OCC1O[C@@H](n2cnc3c(N)ncnc32)[C@H](OC)[C@@H]1CP(=O)([O-])OC[C@H]1O[C@@H](n2ccc(=O)[nH]c2=O)[C@H](O)[C@@H]1O. The van der Waals surface area contributed by atoms with Crippen LogP contribution in [0.3, 0.4) is 0 Å². The average molecular weight is 1130 g/mol. The quantitative estimate of drug-likeness (QED) is 0.0245. The number of imidazole rings is 2. The van der Waals surface area contributed by atoms with Crippen LogP contribution in [0.2, 0.25) is 0 Å². The smallest absolute Gasteiger partial charge is 0.490 e. The number of nitrogens with one attached hydrogen (secondary N) is 2. The molecule has 3 aliphatic heterocycles. The number of fused-ring (bicyclic) bond motifs is 2. The van der Waals surface area contributed by atoms with Gasteiger partial charge in [0.25, 0.3) is 17.1 Å². The molecule has 8 heterocycles. The molecule has 8 rings (SSSR count). The van der Waals surface area contributed by atoms with Crippen LogP contribution in [0.4, 0.5) is 11.8 Å². The summed E-state index contributed by atoms with van der Waals surface area (Å²) >= 11 is 0. The number of nitrogens with two attached hydrogens (primary N) is 2. The van der Waals surface area contributed by atoms with E-state index in [-0.39, 0.29) is 40.7 Å². The Morgan fingerprint density at radius 2 is 1.45 bits per heavy atom. The molecule has 5 aromatic heterocycles. The molecule has 408 valence electrons. The fraction of sp³-hybridized carbons (Fsp3) is 0.588. The van der Waals surface area contributed by atoms with Gasteiger partial charge in [-0.05, 0) is 0 Å². The largest absolute Gasteiger partial charge is 0.778 e. The number of H-pyrrole nitrogens is 2. The molecular weight excluding hydrogens is 1080 g/mol. The number of hydrogen-bond donors (Lipinski definition) is 10. The topological polar surface area (TPSA) is 510 Å². The maximum atomic E-state index is 13.7. The van der Waals surface area contributed by atoms with Crippen molar-refractivity contribution in [1.29, 1.82) is 0 Å². The molecule has 0 bridgehead atoms. The van der Waals surface area contributed by atoms with Crippen LogP contribution in [0.25, 0.3) is 22.3 Å². The Bertz CT molecular complexity index is 3260. The number of aryl methyl sites for hydroxylation is 1. The molecule has 36 nitrogen and oxygen atoms in total. The Kier molecular flexibility index (Phi) is 16.1. The van der Waals surface area contributed by atoms with E-state index in [1.807, 2.05) is 4.98 Å². The van der Waals surface area contributed by atoms with Crippen LogP contribution in [0.15, 0.2) is 45.6 Å². The Morgan fingerprint density at radius 3 is 2.09 bits per heavy atom. The average Bonchev–Trinajstić information content (AvgIpc) is 4.10. The minimum Gasteiger partial charge on any atom is -0.778 e. The number of methoxy groups -OCH3 is 2. The lowest BCUT2D eigenvalue weighted by molar-refractivity contribution is -0.745. The monoisotopic (exact) mass is 1130 g/mol. The fourth-order valence-corrected chi connectivity index (χ4v) is 13.6. The predicted octanol–water partition coefficient (Wildman–Crippen LogP) is -4.29. The van der Waals surface area contributed by atoms with Gasteiger partial charge < -0.3 is 79.1 Å². The second-order valence-electron chi connectivity index (χ2n) is 16.8. The molecule has 0 saturated carbocycles. The molecule has 5 aromatic rings. The van der Waals surface area contributed by atoms with E-state index >= 15 is 0 Å². The van der Waals surface area contributed by atoms with Crippen LogP contribution < -0.4 is 37.7 Å². The summed E-state index contributed by atoms with van der Waals surface area (Å²) in [5.41, 5.74) is 9.40. The van der Waals surface area contributed by atoms with Crippen molar-refractivity contribution in [3.05, 3.63) is 62.4 Å². The molecule has 12 N–H and O–H groups in total. The third-order valence-electron chi connectivity index (χ3n) is 11.9. The van der Waals surface area contributed by atoms with Gasteiger partial charge in [-0.1, -0.05) is 4.98 Å². The first-order chi connectivity index (χ1) is 34.7. The number of aliphatic hydroxyl groups is 3. The van der Waals surface area contributed by atoms with Gasteiger partial charge in [0.15, 0.2) is 30.2 Å². The number of anilines is 2. The lowest BCUT2D eigenvalue weighted by Crippen LogP contribution is -2.45. The number of aromatic amines is 2. The van der Waals surface area contributed by atoms with Gasteiger partial charge in [-0.15, -0.1) is 0 Å². The van der Waals surface area contributed by atoms with Gasteiger partial charge in [-0.3, -0.25) is 42.3 Å². The van der Waals surface area contributed by atoms with Crippen LogP contribution >= 0.6 is 31.1 Å². The van der Waals surface area contributed by atoms with E-state index in [1.165, 1.54) is 40.5 Å². The van der Waals surface area contributed by atoms with Gasteiger partial charge in [0.1, 0.15) is 50.0 Å². The van der Waals surface area contributed by atoms with Crippen molar-refractivity contribution >= 4 is 65.2 Å². The number of hydrogen-bond acceptors (Lipinski definition) is 27. The third-order valence-corrected chi connectivity index (χ3v) is 17.6. The normalized spacial score (nSPS) is 30.6. The maximum absolute atomic E-state index is 13.7. The number of nitrogen functional groups attached to an aromatic ring is 2. The minimum atomic E-state index is -6.15. The van der Waals surface area contributed by atoms with E-state index < -0.39 is 147 Å². The first-order valence-electron chi connectivity index (χ1n) is 21.4. The molecule has 16 atom stereocenters. The zero-order valence-electron chi connectivity index (χ0n) is 38.4. The summed E-state index contributed by atoms with van der Waals surface area (Å²) in [6.07, 6.45) is -11.8. The van der Waals surface area contributed by atoms with Gasteiger partial charge in [-0.2, -0.15) is 8.62 Å². The van der Waals surface area contributed by atoms with Crippen LogP contribution in [0.5, 0.6) is 0 Å². The molecule has 0 radical (unpaired) electrons. The molecular formula is C34H48N12O24P4. The van der Waals surface area contributed by atoms with Gasteiger partial charge in [-0.25, -0.2) is 38.0 Å². The lowest BCUT2D eigenvalue weighted by atomic mass is 9.99. The molecule has 40 heteroatoms. The Hall–Kier alpha value is -4.58. The highest BCUT2D eigenvalue weighted by atomic mass is 31.3. The predicted molar refractivity (Wildman–Crippen MR) is 238 cm³/mol. The first-order valence-corrected chi connectivity index (χ1v) is 27.6. The van der Waals surface area contributed by atoms with Crippen molar-refractivity contribution in [2.24, 2.45) is 18.9 Å². The van der Waals surface area contributed by atoms with Crippen molar-refractivity contribution < 1.29 is 104 Å². The summed E-state index contributed by atoms with van der Waals surface area (Å²) in [4.78, 5) is 102. The second-order valence-corrected chi connectivity index (χ2v) is 23.2. The number of phosphoric acid groups is 3. The van der Waals surface area contributed by atoms with Crippen LogP contribution in [-0.2, 0) is 71.2 Å². The van der Waals surface area contributed by atoms with Crippen molar-refractivity contribution in [3.8, 4) is 0 Å². The molecule has 0 amide bonds. The molecule has 0 aromatic carbocycles. The van der Waals surface area contributed by atoms with Crippen molar-refractivity contribution in [3.63, 3.8) is 0 Å². The van der Waals surface area contributed by atoms with Crippen molar-refractivity contribution in [2.75, 3.05) is 58.3 Å². The van der Waals surface area contributed by atoms with Crippen molar-refractivity contribution in [1.82, 2.24) is 43.6 Å². The standard InChI is InChI=1S/C34H48N12O24P4/c1-43-13-46(28-21(43)29(51)42-33(36)41-28)30-22(48)14(6-61-2)16(66-30)7-64-72(55,56)69-74(59,60)70-73(57,58)65-8-17-15(25(62-3)32(67-17)45-12-39-20-26(35)37-11-38-27(20)45)10-71(53,54)63-9-18-23(49)24(50)31(68-18)44-5-4-19(47)40-34(44)52/h4-5,11-18,22-25,30-32,48-50H,6-10H2,1-3H3,(H9-,35,36,37,38,40,41,42,47,51,52,53,54,55,56,57,58,59,60)/t14-,15-,16-,17?,18-,22-,23-,24-,25-,30-,31-,32-/m1/s1. The van der Waals surface area contributed by atoms with Gasteiger partial charge in [0.2, 0.25) is 11.7 Å². The van der Waals surface area contributed by atoms with E-state index in [1.54, 1.807) is 0 Å². The summed E-state index contributed by atoms with van der Waals surface area (Å²) in [5, 5.41) is 32.5. The van der Waals surface area contributed by atoms with E-state index in [0.717, 1.165) is 30.3 Å². The van der Waals surface area contributed by atoms with Gasteiger partial charge >= 0.3 is 34.8 Å². The number of aliphatic hydroxyl groups excluding tert-OH is 3. The van der Waals surface area contributed by atoms with Crippen LogP contribution in [0.1, 0.15) is 18.7 Å². The molecule has 3 fully saturated rings. The number of phosphoric ester groups is 2. The fourth-order valence-electron chi connectivity index (χ4n) is 8.66. The van der Waals surface area contributed by atoms with Crippen LogP contribution in [-0.4, -0.2) is 163 Å². The Balaban J connectivity index is 0.939. The molecule has 3 aliphatic rings. The number of nitrogens with zero attached hydrogens (tertiary/aromatic N) is 8. The van der Waals surface area contributed by atoms with E-state index in [0.29, 0.717) is 0 Å². The third kappa shape index (κ3) is 11.7. The maximum Gasteiger partial charge on any atom is 0.490 e. The van der Waals surface area contributed by atoms with E-state index in [4.69, 9.17) is 48.7 Å². The zero-order valence-corrected chi connectivity index (χ0v) is 42.0. The molecule has 3 saturated heterocycles. The van der Waals surface area contributed by atoms with Gasteiger partial charge in [0, 0.05) is 44.5 Å². The molecule has 0 aliphatic carbocycles. The Labute approximate surface area is 412 Å². The van der Waals surface area contributed by atoms with E-state index in [9.17, 15) is 67.5 Å². The van der Waals surface area contributed by atoms with Crippen LogP contribution in [0, 0.1) is 11.8 Å². The van der Waals surface area contributed by atoms with Crippen molar-refractivity contribution in [2.45, 2.75) is 61.4 Å². The number of aromatic nitrogens is 10.